The molecular formula is C10H15F3NO4S-. The summed E-state index contributed by atoms with van der Waals surface area (Å²) in [4.78, 5) is 22.0. The molecule has 1 amide bonds. The van der Waals surface area contributed by atoms with E-state index in [2.05, 4.69) is 0 Å². The SMILES string of the molecule is CC(C)(C)OC(=O)N[C@H](CCSC(F)(F)F)C(=O)[O-]. The quantitative estimate of drug-likeness (QED) is 0.827. The topological polar surface area (TPSA) is 78.5 Å². The summed E-state index contributed by atoms with van der Waals surface area (Å²) < 4.78 is 40.4. The zero-order chi connectivity index (χ0) is 15.3. The van der Waals surface area contributed by atoms with Crippen molar-refractivity contribution in [1.82, 2.24) is 5.32 Å². The van der Waals surface area contributed by atoms with Gasteiger partial charge in [0.25, 0.3) is 0 Å². The van der Waals surface area contributed by atoms with Crippen LogP contribution >= 0.6 is 11.8 Å². The van der Waals surface area contributed by atoms with E-state index in [4.69, 9.17) is 4.74 Å². The molecule has 1 N–H and O–H groups in total. The molecule has 0 heterocycles. The predicted octanol–water partition coefficient (Wildman–Crippen LogP) is 1.27. The Hall–Kier alpha value is -1.12. The van der Waals surface area contributed by atoms with Crippen molar-refractivity contribution < 1.29 is 32.6 Å². The van der Waals surface area contributed by atoms with Gasteiger partial charge in [0.1, 0.15) is 5.60 Å². The summed E-state index contributed by atoms with van der Waals surface area (Å²) in [7, 11) is 0. The molecule has 0 bridgehead atoms. The summed E-state index contributed by atoms with van der Waals surface area (Å²) >= 11 is -0.364. The zero-order valence-electron chi connectivity index (χ0n) is 10.7. The van der Waals surface area contributed by atoms with E-state index in [0.717, 1.165) is 0 Å². The molecule has 9 heteroatoms. The average molecular weight is 302 g/mol. The number of ether oxygens (including phenoxy) is 1. The highest BCUT2D eigenvalue weighted by atomic mass is 32.2. The molecule has 5 nitrogen and oxygen atoms in total. The van der Waals surface area contributed by atoms with Gasteiger partial charge >= 0.3 is 11.6 Å². The van der Waals surface area contributed by atoms with E-state index in [1.54, 1.807) is 20.8 Å². The molecule has 0 aromatic rings. The number of hydrogen-bond donors (Lipinski definition) is 1. The van der Waals surface area contributed by atoms with Crippen LogP contribution in [0.4, 0.5) is 18.0 Å². The molecule has 0 aliphatic carbocycles. The molecule has 0 unspecified atom stereocenters. The van der Waals surface area contributed by atoms with Gasteiger partial charge in [-0.15, -0.1) is 0 Å². The Bertz CT molecular complexity index is 328. The van der Waals surface area contributed by atoms with Crippen molar-refractivity contribution in [1.29, 1.82) is 0 Å². The van der Waals surface area contributed by atoms with Crippen molar-refractivity contribution in [2.24, 2.45) is 0 Å². The maximum Gasteiger partial charge on any atom is 0.441 e. The minimum absolute atomic E-state index is 0.364. The fourth-order valence-electron chi connectivity index (χ4n) is 0.991. The van der Waals surface area contributed by atoms with Crippen LogP contribution in [0.25, 0.3) is 0 Å². The van der Waals surface area contributed by atoms with Gasteiger partial charge in [0.05, 0.1) is 12.0 Å². The molecule has 0 saturated heterocycles. The molecular weight excluding hydrogens is 287 g/mol. The van der Waals surface area contributed by atoms with Crippen molar-refractivity contribution >= 4 is 23.8 Å². The van der Waals surface area contributed by atoms with Gasteiger partial charge in [-0.25, -0.2) is 4.79 Å². The lowest BCUT2D eigenvalue weighted by molar-refractivity contribution is -0.308. The van der Waals surface area contributed by atoms with Crippen molar-refractivity contribution in [2.75, 3.05) is 5.75 Å². The van der Waals surface area contributed by atoms with Crippen molar-refractivity contribution in [2.45, 2.75) is 44.3 Å². The maximum absolute atomic E-state index is 11.9. The molecule has 0 aliphatic heterocycles. The van der Waals surface area contributed by atoms with E-state index in [0.29, 0.717) is 0 Å². The van der Waals surface area contributed by atoms with E-state index < -0.39 is 41.4 Å². The van der Waals surface area contributed by atoms with Crippen molar-refractivity contribution in [3.05, 3.63) is 0 Å². The number of hydrogen-bond acceptors (Lipinski definition) is 5. The van der Waals surface area contributed by atoms with Crippen molar-refractivity contribution in [3.8, 4) is 0 Å². The van der Waals surface area contributed by atoms with Crippen molar-refractivity contribution in [3.63, 3.8) is 0 Å². The second-order valence-corrected chi connectivity index (χ2v) is 5.76. The second-order valence-electron chi connectivity index (χ2n) is 4.60. The first-order valence-corrected chi connectivity index (χ1v) is 6.30. The van der Waals surface area contributed by atoms with Gasteiger partial charge in [0.2, 0.25) is 0 Å². The number of carbonyl (C=O) groups is 2. The summed E-state index contributed by atoms with van der Waals surface area (Å²) in [5, 5.41) is 12.6. The van der Waals surface area contributed by atoms with Gasteiger partial charge in [-0.05, 0) is 27.2 Å². The molecule has 112 valence electrons. The number of carbonyl (C=O) groups excluding carboxylic acids is 2. The maximum atomic E-state index is 11.9. The summed E-state index contributed by atoms with van der Waals surface area (Å²) in [5.74, 6) is -2.16. The number of halogens is 3. The third-order valence-corrected chi connectivity index (χ3v) is 2.41. The Morgan fingerprint density at radius 3 is 2.21 bits per heavy atom. The Morgan fingerprint density at radius 2 is 1.84 bits per heavy atom. The van der Waals surface area contributed by atoms with Crippen LogP contribution in [-0.4, -0.2) is 35.0 Å². The van der Waals surface area contributed by atoms with E-state index in [1.165, 1.54) is 0 Å². The highest BCUT2D eigenvalue weighted by molar-refractivity contribution is 8.00. The lowest BCUT2D eigenvalue weighted by Gasteiger charge is -2.24. The van der Waals surface area contributed by atoms with Crippen LogP contribution in [0.2, 0.25) is 0 Å². The first-order valence-electron chi connectivity index (χ1n) is 5.32. The molecule has 0 spiro atoms. The third kappa shape index (κ3) is 10.5. The number of alkyl halides is 3. The second kappa shape index (κ2) is 6.88. The molecule has 0 fully saturated rings. The van der Waals surface area contributed by atoms with E-state index in [-0.39, 0.29) is 11.8 Å². The smallest absolute Gasteiger partial charge is 0.441 e. The summed E-state index contributed by atoms with van der Waals surface area (Å²) in [6.45, 7) is 4.71. The molecule has 0 rings (SSSR count). The number of carboxylic acids is 1. The fraction of sp³-hybridized carbons (Fsp3) is 0.800. The van der Waals surface area contributed by atoms with E-state index in [9.17, 15) is 27.9 Å². The Balaban J connectivity index is 4.28. The lowest BCUT2D eigenvalue weighted by Crippen LogP contribution is -2.49. The van der Waals surface area contributed by atoms with Crippen LogP contribution < -0.4 is 10.4 Å². The number of thioether (sulfide) groups is 1. The predicted molar refractivity (Wildman–Crippen MR) is 61.3 cm³/mol. The lowest BCUT2D eigenvalue weighted by atomic mass is 10.2. The summed E-state index contributed by atoms with van der Waals surface area (Å²) in [5.41, 5.74) is -5.27. The first-order chi connectivity index (χ1) is 8.41. The molecule has 1 atom stereocenters. The van der Waals surface area contributed by atoms with Crippen LogP contribution in [0.3, 0.4) is 0 Å². The molecule has 0 aromatic carbocycles. The molecule has 0 aliphatic rings. The van der Waals surface area contributed by atoms with Crippen LogP contribution in [0.1, 0.15) is 27.2 Å². The van der Waals surface area contributed by atoms with Gasteiger partial charge < -0.3 is 20.0 Å². The molecule has 0 saturated carbocycles. The van der Waals surface area contributed by atoms with Crippen LogP contribution in [0.5, 0.6) is 0 Å². The Labute approximate surface area is 112 Å². The molecule has 0 radical (unpaired) electrons. The van der Waals surface area contributed by atoms with Gasteiger partial charge in [-0.1, -0.05) is 11.8 Å². The minimum Gasteiger partial charge on any atom is -0.548 e. The standard InChI is InChI=1S/C10H16F3NO4S/c1-9(2,3)18-8(17)14-6(7(15)16)4-5-19-10(11,12)13/h6H,4-5H2,1-3H3,(H,14,17)(H,15,16)/p-1/t6-/m1/s1. The highest BCUT2D eigenvalue weighted by Gasteiger charge is 2.28. The zero-order valence-corrected chi connectivity index (χ0v) is 11.5. The largest absolute Gasteiger partial charge is 0.548 e. The van der Waals surface area contributed by atoms with Gasteiger partial charge in [0, 0.05) is 5.75 Å². The third-order valence-electron chi connectivity index (χ3n) is 1.65. The highest BCUT2D eigenvalue weighted by Crippen LogP contribution is 2.30. The summed E-state index contributed by atoms with van der Waals surface area (Å²) in [6, 6.07) is -1.52. The monoisotopic (exact) mass is 302 g/mol. The first kappa shape index (κ1) is 17.9. The van der Waals surface area contributed by atoms with Gasteiger partial charge in [0.15, 0.2) is 0 Å². The molecule has 0 aromatic heterocycles. The van der Waals surface area contributed by atoms with E-state index in [1.807, 2.05) is 5.32 Å². The van der Waals surface area contributed by atoms with E-state index >= 15 is 0 Å². The minimum atomic E-state index is -4.44. The van der Waals surface area contributed by atoms with Crippen LogP contribution in [0, 0.1) is 0 Å². The summed E-state index contributed by atoms with van der Waals surface area (Å²) in [6.07, 6.45) is -1.43. The Morgan fingerprint density at radius 1 is 1.32 bits per heavy atom. The number of aliphatic carboxylic acids is 1. The number of amides is 1. The number of alkyl carbamates (subject to hydrolysis) is 1. The number of nitrogens with one attached hydrogen (secondary N) is 1. The Kier molecular flexibility index (Phi) is 6.47. The van der Waals surface area contributed by atoms with Crippen LogP contribution in [-0.2, 0) is 9.53 Å². The number of carboxylic acid groups (broad SMARTS) is 1. The van der Waals surface area contributed by atoms with Crippen LogP contribution in [0.15, 0.2) is 0 Å². The fourth-order valence-corrected chi connectivity index (χ4v) is 1.58. The average Bonchev–Trinajstić information content (AvgIpc) is 2.10. The molecule has 19 heavy (non-hydrogen) atoms. The number of rotatable bonds is 5. The van der Waals surface area contributed by atoms with Gasteiger partial charge in [-0.3, -0.25) is 0 Å². The normalized spacial score (nSPS) is 13.8. The van der Waals surface area contributed by atoms with Gasteiger partial charge in [-0.2, -0.15) is 13.2 Å².